The van der Waals surface area contributed by atoms with Crippen LogP contribution in [-0.4, -0.2) is 0 Å². The molecule has 2 nitrogen and oxygen atoms in total. The molecular weight excluding hydrogens is 1350 g/mol. The molecule has 0 bridgehead atoms. The van der Waals surface area contributed by atoms with Gasteiger partial charge < -0.3 is 8.83 Å². The van der Waals surface area contributed by atoms with E-state index in [4.69, 9.17) is 8.83 Å². The minimum atomic E-state index is 0.910. The van der Waals surface area contributed by atoms with Crippen molar-refractivity contribution in [1.29, 1.82) is 0 Å². The third kappa shape index (κ3) is 11.3. The van der Waals surface area contributed by atoms with Gasteiger partial charge in [0.1, 0.15) is 22.3 Å². The maximum Gasteiger partial charge on any atom is 0.136 e. The average molecular weight is 1420 g/mol. The first-order valence-electron chi connectivity index (χ1n) is 38.5. The summed E-state index contributed by atoms with van der Waals surface area (Å²) in [5.41, 5.74) is 23.6. The van der Waals surface area contributed by atoms with Crippen molar-refractivity contribution in [3.05, 3.63) is 425 Å². The maximum atomic E-state index is 6.49. The van der Waals surface area contributed by atoms with Crippen molar-refractivity contribution in [2.45, 2.75) is 0 Å². The molecule has 0 fully saturated rings. The lowest BCUT2D eigenvalue weighted by atomic mass is 9.84. The molecule has 0 unspecified atom stereocenters. The highest BCUT2D eigenvalue weighted by Crippen LogP contribution is 2.51. The van der Waals surface area contributed by atoms with E-state index in [1.807, 2.05) is 18.2 Å². The van der Waals surface area contributed by atoms with Crippen molar-refractivity contribution < 1.29 is 8.83 Å². The van der Waals surface area contributed by atoms with Gasteiger partial charge in [0.25, 0.3) is 0 Å². The molecule has 0 aliphatic heterocycles. The number of furan rings is 2. The van der Waals surface area contributed by atoms with Gasteiger partial charge in [-0.3, -0.25) is 0 Å². The Bertz CT molecular complexity index is 7420. The highest BCUT2D eigenvalue weighted by molar-refractivity contribution is 6.28. The van der Waals surface area contributed by atoms with Crippen LogP contribution >= 0.6 is 0 Å². The first-order valence-corrected chi connectivity index (χ1v) is 38.5. The zero-order valence-electron chi connectivity index (χ0n) is 61.2. The van der Waals surface area contributed by atoms with Gasteiger partial charge in [0.2, 0.25) is 0 Å². The summed E-state index contributed by atoms with van der Waals surface area (Å²) < 4.78 is 12.6. The van der Waals surface area contributed by atoms with Crippen LogP contribution < -0.4 is 0 Å². The predicted molar refractivity (Wildman–Crippen MR) is 477 cm³/mol. The molecule has 0 spiro atoms. The Morgan fingerprint density at radius 1 is 0.125 bits per heavy atom. The van der Waals surface area contributed by atoms with Crippen LogP contribution in [0.3, 0.4) is 0 Å². The molecule has 21 aromatic carbocycles. The second kappa shape index (κ2) is 27.8. The summed E-state index contributed by atoms with van der Waals surface area (Å²) in [6.45, 7) is 0. The van der Waals surface area contributed by atoms with Gasteiger partial charge in [0.15, 0.2) is 0 Å². The zero-order valence-corrected chi connectivity index (χ0v) is 61.2. The van der Waals surface area contributed by atoms with Crippen molar-refractivity contribution in [1.82, 2.24) is 0 Å². The molecule has 0 aliphatic rings. The largest absolute Gasteiger partial charge is 0.456 e. The molecule has 0 atom stereocenters. The monoisotopic (exact) mass is 1420 g/mol. The number of hydrogen-bond donors (Lipinski definition) is 0. The van der Waals surface area contributed by atoms with Crippen LogP contribution in [0.2, 0.25) is 0 Å². The minimum Gasteiger partial charge on any atom is -0.456 e. The molecule has 2 heteroatoms. The molecule has 0 N–H and O–H groups in total. The second-order valence-corrected chi connectivity index (χ2v) is 29.1. The van der Waals surface area contributed by atoms with E-state index in [1.54, 1.807) is 0 Å². The van der Waals surface area contributed by atoms with Gasteiger partial charge in [-0.05, 0) is 218 Å². The smallest absolute Gasteiger partial charge is 0.136 e. The summed E-state index contributed by atoms with van der Waals surface area (Å²) in [4.78, 5) is 0. The molecule has 0 saturated carbocycles. The molecule has 0 amide bonds. The molecule has 2 heterocycles. The SMILES string of the molecule is c1ccc(-c2c3ccccc3c(-c3ccc4oc5ccccc5c4c3)c3ccccc23)cc1.c1ccc(-c2cc(-c3c4ccccc4c(-c4ccccc4)c4ccccc34)c3c(c2)oc2ccccc23)cc1.c1ccc2cc(-c3c4ccccc4c(-c4ccc(-c5cccc6ccccc56)cc4)c4ccccc34)ccc2c1. The Kier molecular flexibility index (Phi) is 16.3. The quantitative estimate of drug-likeness (QED) is 0.142. The second-order valence-electron chi connectivity index (χ2n) is 29.1. The van der Waals surface area contributed by atoms with Crippen LogP contribution in [0, 0.1) is 0 Å². The van der Waals surface area contributed by atoms with E-state index >= 15 is 0 Å². The lowest BCUT2D eigenvalue weighted by molar-refractivity contribution is 0.668. The van der Waals surface area contributed by atoms with Gasteiger partial charge in [0, 0.05) is 21.5 Å². The van der Waals surface area contributed by atoms with Gasteiger partial charge in [-0.1, -0.05) is 382 Å². The molecule has 112 heavy (non-hydrogen) atoms. The van der Waals surface area contributed by atoms with E-state index in [2.05, 4.69) is 406 Å². The maximum absolute atomic E-state index is 6.49. The molecule has 522 valence electrons. The van der Waals surface area contributed by atoms with E-state index in [-0.39, 0.29) is 0 Å². The number of hydrogen-bond acceptors (Lipinski definition) is 2. The number of benzene rings is 21. The Morgan fingerprint density at radius 3 is 0.946 bits per heavy atom. The molecule has 0 aliphatic carbocycles. The Balaban J connectivity index is 0.000000107. The Morgan fingerprint density at radius 2 is 0.446 bits per heavy atom. The lowest BCUT2D eigenvalue weighted by Crippen LogP contribution is -1.92. The van der Waals surface area contributed by atoms with Crippen LogP contribution in [0.15, 0.2) is 433 Å². The van der Waals surface area contributed by atoms with Crippen molar-refractivity contribution in [2.75, 3.05) is 0 Å². The van der Waals surface area contributed by atoms with Gasteiger partial charge >= 0.3 is 0 Å². The molecule has 2 aromatic heterocycles. The molecule has 23 aromatic rings. The lowest BCUT2D eigenvalue weighted by Gasteiger charge is -2.19. The number of fused-ring (bicyclic) bond motifs is 14. The van der Waals surface area contributed by atoms with Crippen molar-refractivity contribution >= 4 is 130 Å². The van der Waals surface area contributed by atoms with Crippen molar-refractivity contribution in [3.8, 4) is 89.0 Å². The van der Waals surface area contributed by atoms with E-state index < -0.39 is 0 Å². The predicted octanol–water partition coefficient (Wildman–Crippen LogP) is 31.4. The summed E-state index contributed by atoms with van der Waals surface area (Å²) in [5.74, 6) is 0. The van der Waals surface area contributed by atoms with Crippen LogP contribution in [0.25, 0.3) is 219 Å². The fraction of sp³-hybridized carbons (Fsp3) is 0. The molecule has 23 rings (SSSR count). The van der Waals surface area contributed by atoms with E-state index in [0.29, 0.717) is 0 Å². The Labute approximate surface area is 648 Å². The number of para-hydroxylation sites is 2. The summed E-state index contributed by atoms with van der Waals surface area (Å²) >= 11 is 0. The third-order valence-corrected chi connectivity index (χ3v) is 22.8. The topological polar surface area (TPSA) is 26.3 Å². The molecule has 0 saturated heterocycles. The minimum absolute atomic E-state index is 0.910. The van der Waals surface area contributed by atoms with E-state index in [1.165, 1.54) is 170 Å². The fourth-order valence-electron chi connectivity index (χ4n) is 17.8. The van der Waals surface area contributed by atoms with E-state index in [0.717, 1.165) is 49.4 Å². The van der Waals surface area contributed by atoms with Crippen LogP contribution in [-0.2, 0) is 0 Å². The average Bonchev–Trinajstić information content (AvgIpc) is 1.34. The van der Waals surface area contributed by atoms with Crippen molar-refractivity contribution in [3.63, 3.8) is 0 Å². The molecular formula is C110H70O2. The molecule has 0 radical (unpaired) electrons. The van der Waals surface area contributed by atoms with Crippen LogP contribution in [0.4, 0.5) is 0 Å². The summed E-state index contributed by atoms with van der Waals surface area (Å²) in [6, 6.07) is 153. The van der Waals surface area contributed by atoms with Crippen LogP contribution in [0.5, 0.6) is 0 Å². The van der Waals surface area contributed by atoms with Gasteiger partial charge in [-0.25, -0.2) is 0 Å². The Hall–Kier alpha value is -14.7. The highest BCUT2D eigenvalue weighted by Gasteiger charge is 2.24. The first-order chi connectivity index (χ1) is 55.6. The highest BCUT2D eigenvalue weighted by atomic mass is 16.3. The zero-order chi connectivity index (χ0) is 74.0. The summed E-state index contributed by atoms with van der Waals surface area (Å²) in [7, 11) is 0. The van der Waals surface area contributed by atoms with Crippen LogP contribution in [0.1, 0.15) is 0 Å². The first kappa shape index (κ1) is 65.6. The van der Waals surface area contributed by atoms with Gasteiger partial charge in [-0.15, -0.1) is 0 Å². The van der Waals surface area contributed by atoms with Crippen molar-refractivity contribution in [2.24, 2.45) is 0 Å². The number of rotatable bonds is 8. The normalized spacial score (nSPS) is 11.6. The van der Waals surface area contributed by atoms with Gasteiger partial charge in [0.05, 0.1) is 0 Å². The van der Waals surface area contributed by atoms with Gasteiger partial charge in [-0.2, -0.15) is 0 Å². The van der Waals surface area contributed by atoms with E-state index in [9.17, 15) is 0 Å². The third-order valence-electron chi connectivity index (χ3n) is 22.8. The standard InChI is InChI=1S/C40H26.C38H24O.C32H20O/c1-2-12-31-26-32(25-20-27(31)10-1)40-37-17-7-5-15-35(37)39(36-16-6-8-18-38(36)40)30-23-21-29(22-24-30)34-19-9-13-28-11-3-4-14-33(28)34;1-3-13-25(14-4-1)27-23-33(38-32-21-11-12-22-34(32)39-35(38)24-27)37-30-19-9-7-17-28(30)36(26-15-5-2-6-16-26)29-18-8-10-20-31(29)37;1-2-10-21(11-3-1)31-24-13-4-6-15-26(24)32(27-16-7-5-14-25(27)31)22-18-19-30-28(20-22)23-12-8-9-17-29(23)33-30/h1-26H;1-24H;1-20H. The summed E-state index contributed by atoms with van der Waals surface area (Å²) in [5, 5.41) is 24.9. The summed E-state index contributed by atoms with van der Waals surface area (Å²) in [6.07, 6.45) is 0. The fourth-order valence-corrected chi connectivity index (χ4v) is 17.8.